The van der Waals surface area contributed by atoms with Crippen molar-refractivity contribution >= 4 is 34.3 Å². The van der Waals surface area contributed by atoms with Crippen LogP contribution in [0.5, 0.6) is 0 Å². The predicted molar refractivity (Wildman–Crippen MR) is 225 cm³/mol. The van der Waals surface area contributed by atoms with Crippen molar-refractivity contribution in [1.82, 2.24) is 29.7 Å². The van der Waals surface area contributed by atoms with Gasteiger partial charge in [-0.3, -0.25) is 19.3 Å². The van der Waals surface area contributed by atoms with E-state index in [0.717, 1.165) is 75.5 Å². The molecule has 2 fully saturated rings. The summed E-state index contributed by atoms with van der Waals surface area (Å²) in [5.74, 6) is 1.43. The van der Waals surface area contributed by atoms with Crippen LogP contribution in [0.3, 0.4) is 0 Å². The van der Waals surface area contributed by atoms with E-state index in [-0.39, 0.29) is 35.7 Å². The maximum atomic E-state index is 13.9. The number of H-pyrrole nitrogens is 2. The van der Waals surface area contributed by atoms with Crippen LogP contribution in [0.15, 0.2) is 115 Å². The van der Waals surface area contributed by atoms with E-state index in [1.807, 2.05) is 123 Å². The number of carbonyl (C=O) groups excluding carboxylic acids is 3. The number of nitrogens with zero attached hydrogens (tertiary/aromatic N) is 4. The fourth-order valence-corrected chi connectivity index (χ4v) is 8.60. The molecule has 0 bridgehead atoms. The first kappa shape index (κ1) is 37.9. The number of benzene rings is 4. The topological polar surface area (TPSA) is 117 Å². The zero-order chi connectivity index (χ0) is 39.6. The fraction of sp³-hybridized carbons (Fsp3) is 0.298. The molecule has 10 heteroatoms. The van der Waals surface area contributed by atoms with E-state index >= 15 is 0 Å². The van der Waals surface area contributed by atoms with Gasteiger partial charge in [-0.05, 0) is 92.2 Å². The SMILES string of the molecule is CC(C)[C](C(=O)N1CCC[C@H]1C(=O)Nc1ccc2[nH]c(-c3ccc(-c4cnc(C5CCCN5C(=O)C(c5ccccc5)N(C)C)[nH]4)cc3)cc2c1)c1ccccc1. The van der Waals surface area contributed by atoms with Crippen LogP contribution < -0.4 is 5.32 Å². The summed E-state index contributed by atoms with van der Waals surface area (Å²) in [4.78, 5) is 58.9. The van der Waals surface area contributed by atoms with Gasteiger partial charge in [0.2, 0.25) is 17.7 Å². The standard InChI is InChI=1S/C47H50N7O3/c1-30(2)42(33-13-7-5-8-14-33)46(56)54-26-12-18-41(54)45(55)49-36-23-24-37-35(27-36)28-38(50-37)31-19-21-32(22-20-31)39-29-48-44(51-39)40-17-11-25-53(40)47(57)43(52(3)4)34-15-9-6-10-16-34/h5-10,13-16,19-24,27-30,40-41,43,50H,11-12,17-18,25-26H2,1-4H3,(H,48,51)(H,49,55)/t40?,41-,43?/m0/s1. The minimum atomic E-state index is -0.522. The van der Waals surface area contributed by atoms with Gasteiger partial charge >= 0.3 is 0 Å². The summed E-state index contributed by atoms with van der Waals surface area (Å²) in [6, 6.07) is 35.0. The summed E-state index contributed by atoms with van der Waals surface area (Å²) >= 11 is 0. The van der Waals surface area contributed by atoms with Gasteiger partial charge in [0, 0.05) is 35.4 Å². The van der Waals surface area contributed by atoms with Crippen molar-refractivity contribution in [3.8, 4) is 22.5 Å². The van der Waals surface area contributed by atoms with E-state index in [2.05, 4.69) is 45.6 Å². The molecule has 10 nitrogen and oxygen atoms in total. The van der Waals surface area contributed by atoms with Gasteiger partial charge in [-0.2, -0.15) is 0 Å². The van der Waals surface area contributed by atoms with Crippen molar-refractivity contribution in [3.05, 3.63) is 138 Å². The summed E-state index contributed by atoms with van der Waals surface area (Å²) in [5, 5.41) is 4.08. The Bertz CT molecular complexity index is 2350. The van der Waals surface area contributed by atoms with Crippen molar-refractivity contribution in [1.29, 1.82) is 0 Å². The molecular formula is C47H50N7O3. The molecule has 0 aliphatic carbocycles. The van der Waals surface area contributed by atoms with Crippen LogP contribution in [-0.2, 0) is 14.4 Å². The predicted octanol–water partition coefficient (Wildman–Crippen LogP) is 8.40. The van der Waals surface area contributed by atoms with Crippen LogP contribution in [0.2, 0.25) is 0 Å². The fourth-order valence-electron chi connectivity index (χ4n) is 8.60. The number of aromatic nitrogens is 3. The second-order valence-corrected chi connectivity index (χ2v) is 15.8. The number of nitrogens with one attached hydrogen (secondary N) is 3. The monoisotopic (exact) mass is 760 g/mol. The van der Waals surface area contributed by atoms with Crippen molar-refractivity contribution in [2.45, 2.75) is 57.7 Å². The highest BCUT2D eigenvalue weighted by molar-refractivity contribution is 6.02. The Balaban J connectivity index is 0.935. The van der Waals surface area contributed by atoms with Crippen LogP contribution >= 0.6 is 0 Å². The Morgan fingerprint density at radius 1 is 0.772 bits per heavy atom. The summed E-state index contributed by atoms with van der Waals surface area (Å²) in [7, 11) is 3.90. The van der Waals surface area contributed by atoms with Crippen molar-refractivity contribution in [2.75, 3.05) is 32.5 Å². The molecule has 2 aromatic heterocycles. The molecule has 57 heavy (non-hydrogen) atoms. The van der Waals surface area contributed by atoms with Gasteiger partial charge in [-0.15, -0.1) is 0 Å². The summed E-state index contributed by atoms with van der Waals surface area (Å²) in [5.41, 5.74) is 7.44. The molecule has 8 rings (SSSR count). The Labute approximate surface area is 334 Å². The van der Waals surface area contributed by atoms with Crippen molar-refractivity contribution in [3.63, 3.8) is 0 Å². The molecule has 0 spiro atoms. The van der Waals surface area contributed by atoms with Crippen molar-refractivity contribution in [2.24, 2.45) is 5.92 Å². The third-order valence-corrected chi connectivity index (χ3v) is 11.4. The molecule has 1 radical (unpaired) electrons. The molecule has 6 aromatic rings. The molecule has 4 heterocycles. The Morgan fingerprint density at radius 2 is 1.44 bits per heavy atom. The molecule has 291 valence electrons. The summed E-state index contributed by atoms with van der Waals surface area (Å²) < 4.78 is 0. The molecule has 3 atom stereocenters. The van der Waals surface area contributed by atoms with Crippen LogP contribution in [0, 0.1) is 11.8 Å². The van der Waals surface area contributed by atoms with Crippen LogP contribution in [-0.4, -0.2) is 80.6 Å². The first-order valence-electron chi connectivity index (χ1n) is 20.0. The maximum Gasteiger partial charge on any atom is 0.247 e. The normalized spacial score (nSPS) is 17.6. The van der Waals surface area contributed by atoms with E-state index in [0.29, 0.717) is 25.2 Å². The zero-order valence-corrected chi connectivity index (χ0v) is 33.0. The Kier molecular flexibility index (Phi) is 10.8. The lowest BCUT2D eigenvalue weighted by Gasteiger charge is -2.31. The van der Waals surface area contributed by atoms with Gasteiger partial charge in [-0.25, -0.2) is 4.98 Å². The first-order chi connectivity index (χ1) is 27.7. The summed E-state index contributed by atoms with van der Waals surface area (Å²) in [6.07, 6.45) is 5.08. The molecular weight excluding hydrogens is 711 g/mol. The number of likely N-dealkylation sites (tertiary alicyclic amines) is 2. The second-order valence-electron chi connectivity index (χ2n) is 15.8. The number of carbonyl (C=O) groups is 3. The molecule has 0 saturated carbocycles. The number of imidazole rings is 1. The minimum Gasteiger partial charge on any atom is -0.355 e. The zero-order valence-electron chi connectivity index (χ0n) is 33.0. The van der Waals surface area contributed by atoms with Gasteiger partial charge in [-0.1, -0.05) is 98.8 Å². The molecule has 3 N–H and O–H groups in total. The number of fused-ring (bicyclic) bond motifs is 1. The number of likely N-dealkylation sites (N-methyl/N-ethyl adjacent to an activating group) is 1. The lowest BCUT2D eigenvalue weighted by Crippen LogP contribution is -2.46. The lowest BCUT2D eigenvalue weighted by molar-refractivity contribution is -0.137. The van der Waals surface area contributed by atoms with E-state index in [4.69, 9.17) is 4.98 Å². The van der Waals surface area contributed by atoms with Gasteiger partial charge < -0.3 is 25.1 Å². The number of hydrogen-bond acceptors (Lipinski definition) is 5. The maximum absolute atomic E-state index is 13.9. The Hall–Kier alpha value is -6.00. The summed E-state index contributed by atoms with van der Waals surface area (Å²) in [6.45, 7) is 5.32. The number of hydrogen-bond donors (Lipinski definition) is 3. The van der Waals surface area contributed by atoms with E-state index in [9.17, 15) is 14.4 Å². The Morgan fingerprint density at radius 3 is 2.14 bits per heavy atom. The number of aromatic amines is 2. The average Bonchev–Trinajstić information content (AvgIpc) is 4.05. The highest BCUT2D eigenvalue weighted by atomic mass is 16.2. The molecule has 2 unspecified atom stereocenters. The molecule has 3 amide bonds. The van der Waals surface area contributed by atoms with Crippen LogP contribution in [0.1, 0.15) is 68.6 Å². The first-order valence-corrected chi connectivity index (χ1v) is 20.0. The highest BCUT2D eigenvalue weighted by Gasteiger charge is 2.39. The third-order valence-electron chi connectivity index (χ3n) is 11.4. The van der Waals surface area contributed by atoms with E-state index in [1.165, 1.54) is 0 Å². The van der Waals surface area contributed by atoms with Gasteiger partial charge in [0.1, 0.15) is 17.9 Å². The molecule has 2 saturated heterocycles. The quantitative estimate of drug-likeness (QED) is 0.123. The average molecular weight is 761 g/mol. The minimum absolute atomic E-state index is 0.0254. The highest BCUT2D eigenvalue weighted by Crippen LogP contribution is 2.36. The molecule has 4 aromatic carbocycles. The van der Waals surface area contributed by atoms with E-state index in [1.54, 1.807) is 4.90 Å². The van der Waals surface area contributed by atoms with Crippen LogP contribution in [0.25, 0.3) is 33.4 Å². The second kappa shape index (κ2) is 16.2. The van der Waals surface area contributed by atoms with Gasteiger partial charge in [0.25, 0.3) is 0 Å². The third kappa shape index (κ3) is 7.74. The smallest absolute Gasteiger partial charge is 0.247 e. The van der Waals surface area contributed by atoms with Crippen molar-refractivity contribution < 1.29 is 14.4 Å². The lowest BCUT2D eigenvalue weighted by atomic mass is 9.87. The number of anilines is 1. The van der Waals surface area contributed by atoms with Crippen LogP contribution in [0.4, 0.5) is 5.69 Å². The largest absolute Gasteiger partial charge is 0.355 e. The van der Waals surface area contributed by atoms with E-state index < -0.39 is 6.04 Å². The molecule has 2 aliphatic heterocycles. The number of amides is 3. The van der Waals surface area contributed by atoms with Gasteiger partial charge in [0.05, 0.1) is 23.9 Å². The number of rotatable bonds is 11. The van der Waals surface area contributed by atoms with Gasteiger partial charge in [0.15, 0.2) is 0 Å². The molecule has 2 aliphatic rings.